The Hall–Kier alpha value is -0.990. The maximum Gasteiger partial charge on any atom is 0.225 e. The molecular formula is C11H18N2O5. The van der Waals surface area contributed by atoms with Crippen LogP contribution in [-0.4, -0.2) is 70.4 Å². The third kappa shape index (κ3) is 2.40. The third-order valence-electron chi connectivity index (χ3n) is 3.38. The second kappa shape index (κ2) is 5.33. The SMILES string of the molecule is NC(=O)C1C=CCN([C@@H]2O[C@H](CO)[C@@H](O)[C@H]2O)C1. The lowest BCUT2D eigenvalue weighted by Crippen LogP contribution is -2.49. The molecule has 2 aliphatic heterocycles. The number of hydrogen-bond acceptors (Lipinski definition) is 6. The van der Waals surface area contributed by atoms with Gasteiger partial charge in [0.05, 0.1) is 12.5 Å². The zero-order valence-electron chi connectivity index (χ0n) is 9.85. The molecule has 1 saturated heterocycles. The Bertz CT molecular complexity index is 348. The van der Waals surface area contributed by atoms with Crippen molar-refractivity contribution in [1.82, 2.24) is 4.90 Å². The van der Waals surface area contributed by atoms with Gasteiger partial charge in [-0.25, -0.2) is 0 Å². The van der Waals surface area contributed by atoms with E-state index in [2.05, 4.69) is 0 Å². The van der Waals surface area contributed by atoms with Gasteiger partial charge in [-0.2, -0.15) is 0 Å². The molecule has 5 atom stereocenters. The molecule has 0 saturated carbocycles. The summed E-state index contributed by atoms with van der Waals surface area (Å²) in [6.45, 7) is 0.465. The Balaban J connectivity index is 2.04. The highest BCUT2D eigenvalue weighted by molar-refractivity contribution is 5.78. The van der Waals surface area contributed by atoms with Crippen molar-refractivity contribution in [3.63, 3.8) is 0 Å². The minimum Gasteiger partial charge on any atom is -0.394 e. The number of aliphatic hydroxyl groups is 3. The summed E-state index contributed by atoms with van der Waals surface area (Å²) in [6.07, 6.45) is -0.277. The van der Waals surface area contributed by atoms with Gasteiger partial charge in [0, 0.05) is 13.1 Å². The van der Waals surface area contributed by atoms with Crippen LogP contribution in [0.25, 0.3) is 0 Å². The molecule has 0 aromatic rings. The lowest BCUT2D eigenvalue weighted by Gasteiger charge is -2.33. The molecule has 0 aromatic heterocycles. The Labute approximate surface area is 104 Å². The lowest BCUT2D eigenvalue weighted by atomic mass is 10.0. The normalized spacial score (nSPS) is 41.2. The summed E-state index contributed by atoms with van der Waals surface area (Å²) >= 11 is 0. The lowest BCUT2D eigenvalue weighted by molar-refractivity contribution is -0.125. The van der Waals surface area contributed by atoms with E-state index in [4.69, 9.17) is 15.6 Å². The van der Waals surface area contributed by atoms with Gasteiger partial charge in [-0.05, 0) is 0 Å². The Morgan fingerprint density at radius 3 is 2.72 bits per heavy atom. The summed E-state index contributed by atoms with van der Waals surface area (Å²) in [5.74, 6) is -0.873. The molecule has 1 unspecified atom stereocenters. The van der Waals surface area contributed by atoms with Crippen molar-refractivity contribution in [2.24, 2.45) is 11.7 Å². The Kier molecular flexibility index (Phi) is 3.98. The molecule has 0 spiro atoms. The number of rotatable bonds is 3. The van der Waals surface area contributed by atoms with Crippen molar-refractivity contribution in [3.05, 3.63) is 12.2 Å². The highest BCUT2D eigenvalue weighted by atomic mass is 16.6. The van der Waals surface area contributed by atoms with Crippen LogP contribution in [0, 0.1) is 5.92 Å². The second-order valence-electron chi connectivity index (χ2n) is 4.62. The van der Waals surface area contributed by atoms with Crippen LogP contribution < -0.4 is 5.73 Å². The standard InChI is InChI=1S/C11H18N2O5/c12-10(17)6-2-1-3-13(4-6)11-9(16)8(15)7(5-14)18-11/h1-2,6-9,11,14-16H,3-5H2,(H2,12,17)/t6?,7-,8-,9-,11-/m1/s1. The fourth-order valence-electron chi connectivity index (χ4n) is 2.32. The van der Waals surface area contributed by atoms with Crippen LogP contribution in [0.3, 0.4) is 0 Å². The average molecular weight is 258 g/mol. The van der Waals surface area contributed by atoms with Gasteiger partial charge < -0.3 is 25.8 Å². The highest BCUT2D eigenvalue weighted by Crippen LogP contribution is 2.26. The number of nitrogens with zero attached hydrogens (tertiary/aromatic N) is 1. The molecule has 102 valence electrons. The fraction of sp³-hybridized carbons (Fsp3) is 0.727. The van der Waals surface area contributed by atoms with Crippen LogP contribution in [0.4, 0.5) is 0 Å². The molecule has 5 N–H and O–H groups in total. The van der Waals surface area contributed by atoms with Crippen molar-refractivity contribution in [2.75, 3.05) is 19.7 Å². The molecule has 2 aliphatic rings. The monoisotopic (exact) mass is 258 g/mol. The number of nitrogens with two attached hydrogens (primary N) is 1. The van der Waals surface area contributed by atoms with E-state index in [9.17, 15) is 15.0 Å². The zero-order chi connectivity index (χ0) is 13.3. The van der Waals surface area contributed by atoms with Crippen LogP contribution in [0.5, 0.6) is 0 Å². The predicted molar refractivity (Wildman–Crippen MR) is 61.2 cm³/mol. The molecule has 7 heteroatoms. The topological polar surface area (TPSA) is 116 Å². The van der Waals surface area contributed by atoms with Crippen molar-refractivity contribution < 1.29 is 24.9 Å². The molecule has 0 aliphatic carbocycles. The molecule has 0 aromatic carbocycles. The van der Waals surface area contributed by atoms with Crippen LogP contribution >= 0.6 is 0 Å². The zero-order valence-corrected chi connectivity index (χ0v) is 9.85. The number of hydrogen-bond donors (Lipinski definition) is 4. The van der Waals surface area contributed by atoms with Crippen molar-refractivity contribution in [1.29, 1.82) is 0 Å². The largest absolute Gasteiger partial charge is 0.394 e. The van der Waals surface area contributed by atoms with E-state index >= 15 is 0 Å². The van der Waals surface area contributed by atoms with E-state index in [1.54, 1.807) is 17.1 Å². The first kappa shape index (κ1) is 13.4. The van der Waals surface area contributed by atoms with E-state index in [0.29, 0.717) is 13.1 Å². The van der Waals surface area contributed by atoms with E-state index in [0.717, 1.165) is 0 Å². The van der Waals surface area contributed by atoms with Gasteiger partial charge in [-0.3, -0.25) is 9.69 Å². The van der Waals surface area contributed by atoms with Crippen LogP contribution in [0.15, 0.2) is 12.2 Å². The first-order chi connectivity index (χ1) is 8.54. The first-order valence-electron chi connectivity index (χ1n) is 5.87. The summed E-state index contributed by atoms with van der Waals surface area (Å²) in [5.41, 5.74) is 5.23. The minimum atomic E-state index is -1.13. The maximum atomic E-state index is 11.1. The molecule has 18 heavy (non-hydrogen) atoms. The Morgan fingerprint density at radius 2 is 2.17 bits per heavy atom. The molecule has 2 heterocycles. The van der Waals surface area contributed by atoms with E-state index < -0.39 is 36.4 Å². The van der Waals surface area contributed by atoms with Gasteiger partial charge in [-0.15, -0.1) is 0 Å². The van der Waals surface area contributed by atoms with Crippen molar-refractivity contribution >= 4 is 5.91 Å². The summed E-state index contributed by atoms with van der Waals surface area (Å²) in [6, 6.07) is 0. The van der Waals surface area contributed by atoms with Gasteiger partial charge in [0.15, 0.2) is 0 Å². The van der Waals surface area contributed by atoms with Crippen LogP contribution in [0.2, 0.25) is 0 Å². The summed E-state index contributed by atoms with van der Waals surface area (Å²) in [5, 5.41) is 28.5. The van der Waals surface area contributed by atoms with E-state index in [1.807, 2.05) is 0 Å². The molecule has 2 rings (SSSR count). The quantitative estimate of drug-likeness (QED) is 0.412. The van der Waals surface area contributed by atoms with Crippen LogP contribution in [0.1, 0.15) is 0 Å². The number of carbonyl (C=O) groups excluding carboxylic acids is 1. The van der Waals surface area contributed by atoms with E-state index in [1.165, 1.54) is 0 Å². The minimum absolute atomic E-state index is 0.332. The third-order valence-corrected chi connectivity index (χ3v) is 3.38. The summed E-state index contributed by atoms with van der Waals surface area (Å²) in [7, 11) is 0. The molecule has 7 nitrogen and oxygen atoms in total. The molecule has 1 fully saturated rings. The summed E-state index contributed by atoms with van der Waals surface area (Å²) in [4.78, 5) is 12.9. The smallest absolute Gasteiger partial charge is 0.225 e. The first-order valence-corrected chi connectivity index (χ1v) is 5.87. The number of carbonyl (C=O) groups is 1. The molecule has 0 radical (unpaired) electrons. The number of aliphatic hydroxyl groups excluding tert-OH is 3. The van der Waals surface area contributed by atoms with Crippen molar-refractivity contribution in [3.8, 4) is 0 Å². The van der Waals surface area contributed by atoms with Gasteiger partial charge in [0.25, 0.3) is 0 Å². The number of amides is 1. The van der Waals surface area contributed by atoms with E-state index in [-0.39, 0.29) is 6.61 Å². The van der Waals surface area contributed by atoms with Gasteiger partial charge in [0.1, 0.15) is 24.5 Å². The summed E-state index contributed by atoms with van der Waals surface area (Å²) < 4.78 is 5.39. The second-order valence-corrected chi connectivity index (χ2v) is 4.62. The Morgan fingerprint density at radius 1 is 1.44 bits per heavy atom. The van der Waals surface area contributed by atoms with Crippen LogP contribution in [-0.2, 0) is 9.53 Å². The van der Waals surface area contributed by atoms with Gasteiger partial charge in [0.2, 0.25) is 5.91 Å². The maximum absolute atomic E-state index is 11.1. The number of ether oxygens (including phenoxy) is 1. The molecular weight excluding hydrogens is 240 g/mol. The van der Waals surface area contributed by atoms with Gasteiger partial charge >= 0.3 is 0 Å². The van der Waals surface area contributed by atoms with Gasteiger partial charge in [-0.1, -0.05) is 12.2 Å². The fourth-order valence-corrected chi connectivity index (χ4v) is 2.32. The molecule has 1 amide bonds. The highest BCUT2D eigenvalue weighted by Gasteiger charge is 2.45. The molecule has 0 bridgehead atoms. The number of primary amides is 1. The average Bonchev–Trinajstić information content (AvgIpc) is 2.66. The predicted octanol–water partition coefficient (Wildman–Crippen LogP) is -2.60. The van der Waals surface area contributed by atoms with Crippen molar-refractivity contribution in [2.45, 2.75) is 24.5 Å².